The normalized spacial score (nSPS) is 16.7. The molecule has 1 aliphatic rings. The van der Waals surface area contributed by atoms with Crippen molar-refractivity contribution in [1.82, 2.24) is 10.6 Å². The minimum atomic E-state index is -4.10. The Balaban J connectivity index is 2.40. The van der Waals surface area contributed by atoms with Crippen LogP contribution in [0.15, 0.2) is 0 Å². The van der Waals surface area contributed by atoms with Crippen molar-refractivity contribution in [3.63, 3.8) is 0 Å². The van der Waals surface area contributed by atoms with Gasteiger partial charge in [-0.3, -0.25) is 14.1 Å². The molecule has 0 aromatic carbocycles. The van der Waals surface area contributed by atoms with E-state index in [0.29, 0.717) is 12.2 Å². The molecule has 0 spiro atoms. The minimum absolute atomic E-state index is 0.00645. The number of carbonyl (C=O) groups is 2. The lowest BCUT2D eigenvalue weighted by molar-refractivity contribution is -0.129. The molecule has 1 saturated carbocycles. The van der Waals surface area contributed by atoms with Crippen molar-refractivity contribution >= 4 is 34.6 Å². The molecule has 0 radical (unpaired) electrons. The standard InChI is InChI=1S/C10H18N2O5S2/c13-9(7-1-2-7)12-8(3-5-18)10(14)11-4-6-19(15,16)17/h7-8,18H,1-6H2,(H,11,14)(H,12,13)(H,15,16,17). The van der Waals surface area contributed by atoms with Gasteiger partial charge in [0.05, 0.1) is 5.75 Å². The van der Waals surface area contributed by atoms with Gasteiger partial charge in [0, 0.05) is 12.5 Å². The number of hydrogen-bond acceptors (Lipinski definition) is 5. The number of amides is 2. The summed E-state index contributed by atoms with van der Waals surface area (Å²) in [7, 11) is -4.10. The van der Waals surface area contributed by atoms with Crippen LogP contribution in [-0.2, 0) is 19.7 Å². The molecule has 19 heavy (non-hydrogen) atoms. The number of carbonyl (C=O) groups excluding carboxylic acids is 2. The second-order valence-corrected chi connectivity index (χ2v) is 6.44. The van der Waals surface area contributed by atoms with E-state index in [1.165, 1.54) is 0 Å². The van der Waals surface area contributed by atoms with E-state index < -0.39 is 27.8 Å². The van der Waals surface area contributed by atoms with E-state index in [1.54, 1.807) is 0 Å². The maximum absolute atomic E-state index is 11.8. The van der Waals surface area contributed by atoms with E-state index in [4.69, 9.17) is 4.55 Å². The largest absolute Gasteiger partial charge is 0.353 e. The first kappa shape index (κ1) is 16.3. The van der Waals surface area contributed by atoms with Gasteiger partial charge in [0.2, 0.25) is 11.8 Å². The first-order valence-electron chi connectivity index (χ1n) is 5.97. The predicted octanol–water partition coefficient (Wildman–Crippen LogP) is -0.795. The van der Waals surface area contributed by atoms with E-state index in [1.807, 2.05) is 0 Å². The predicted molar refractivity (Wildman–Crippen MR) is 72.6 cm³/mol. The Labute approximate surface area is 117 Å². The second kappa shape index (κ2) is 7.11. The third-order valence-electron chi connectivity index (χ3n) is 2.66. The van der Waals surface area contributed by atoms with Crippen LogP contribution >= 0.6 is 12.6 Å². The number of nitrogens with one attached hydrogen (secondary N) is 2. The van der Waals surface area contributed by atoms with Crippen LogP contribution in [0.4, 0.5) is 0 Å². The van der Waals surface area contributed by atoms with Crippen molar-refractivity contribution in [3.8, 4) is 0 Å². The van der Waals surface area contributed by atoms with Gasteiger partial charge in [-0.15, -0.1) is 0 Å². The van der Waals surface area contributed by atoms with Crippen molar-refractivity contribution in [3.05, 3.63) is 0 Å². The molecule has 1 unspecified atom stereocenters. The summed E-state index contributed by atoms with van der Waals surface area (Å²) in [5.41, 5.74) is 0. The number of hydrogen-bond donors (Lipinski definition) is 4. The van der Waals surface area contributed by atoms with Gasteiger partial charge in [0.1, 0.15) is 6.04 Å². The van der Waals surface area contributed by atoms with Gasteiger partial charge in [0.15, 0.2) is 0 Å². The molecule has 0 saturated heterocycles. The lowest BCUT2D eigenvalue weighted by Gasteiger charge is -2.17. The first-order chi connectivity index (χ1) is 8.83. The van der Waals surface area contributed by atoms with Crippen LogP contribution in [0, 0.1) is 5.92 Å². The Bertz CT molecular complexity index is 433. The molecule has 0 aromatic rings. The van der Waals surface area contributed by atoms with Gasteiger partial charge in [-0.2, -0.15) is 21.0 Å². The van der Waals surface area contributed by atoms with Crippen LogP contribution in [0.25, 0.3) is 0 Å². The van der Waals surface area contributed by atoms with Gasteiger partial charge >= 0.3 is 0 Å². The molecule has 0 aliphatic heterocycles. The summed E-state index contributed by atoms with van der Waals surface area (Å²) in [5, 5.41) is 4.98. The van der Waals surface area contributed by atoms with Crippen LogP contribution in [0.5, 0.6) is 0 Å². The Morgan fingerprint density at radius 3 is 2.47 bits per heavy atom. The van der Waals surface area contributed by atoms with E-state index >= 15 is 0 Å². The van der Waals surface area contributed by atoms with Gasteiger partial charge < -0.3 is 10.6 Å². The molecule has 0 aromatic heterocycles. The van der Waals surface area contributed by atoms with E-state index in [0.717, 1.165) is 12.8 Å². The lowest BCUT2D eigenvalue weighted by atomic mass is 10.2. The van der Waals surface area contributed by atoms with Crippen LogP contribution in [-0.4, -0.2) is 48.9 Å². The van der Waals surface area contributed by atoms with Gasteiger partial charge in [-0.25, -0.2) is 0 Å². The monoisotopic (exact) mass is 310 g/mol. The zero-order chi connectivity index (χ0) is 14.5. The van der Waals surface area contributed by atoms with Gasteiger partial charge in [-0.1, -0.05) is 0 Å². The van der Waals surface area contributed by atoms with Crippen molar-refractivity contribution in [1.29, 1.82) is 0 Å². The molecule has 0 heterocycles. The van der Waals surface area contributed by atoms with Crippen molar-refractivity contribution in [2.24, 2.45) is 5.92 Å². The van der Waals surface area contributed by atoms with E-state index in [2.05, 4.69) is 23.3 Å². The second-order valence-electron chi connectivity index (χ2n) is 4.42. The fourth-order valence-electron chi connectivity index (χ4n) is 1.46. The molecule has 3 N–H and O–H groups in total. The minimum Gasteiger partial charge on any atom is -0.353 e. The summed E-state index contributed by atoms with van der Waals surface area (Å²) in [6.07, 6.45) is 2.03. The Morgan fingerprint density at radius 2 is 2.00 bits per heavy atom. The van der Waals surface area contributed by atoms with Crippen molar-refractivity contribution < 1.29 is 22.6 Å². The third kappa shape index (κ3) is 6.79. The smallest absolute Gasteiger partial charge is 0.266 e. The molecule has 110 valence electrons. The molecule has 7 nitrogen and oxygen atoms in total. The fraction of sp³-hybridized carbons (Fsp3) is 0.800. The molecule has 1 atom stereocenters. The van der Waals surface area contributed by atoms with Gasteiger partial charge in [0.25, 0.3) is 10.1 Å². The van der Waals surface area contributed by atoms with Crippen LogP contribution in [0.1, 0.15) is 19.3 Å². The summed E-state index contributed by atoms with van der Waals surface area (Å²) < 4.78 is 29.5. The molecule has 0 bridgehead atoms. The topological polar surface area (TPSA) is 113 Å². The lowest BCUT2D eigenvalue weighted by Crippen LogP contribution is -2.48. The highest BCUT2D eigenvalue weighted by molar-refractivity contribution is 7.85. The van der Waals surface area contributed by atoms with Crippen molar-refractivity contribution in [2.75, 3.05) is 18.1 Å². The number of thiol groups is 1. The molecule has 9 heteroatoms. The zero-order valence-electron chi connectivity index (χ0n) is 10.3. The first-order valence-corrected chi connectivity index (χ1v) is 8.22. The maximum atomic E-state index is 11.8. The summed E-state index contributed by atoms with van der Waals surface area (Å²) in [4.78, 5) is 23.3. The highest BCUT2D eigenvalue weighted by atomic mass is 32.2. The fourth-order valence-corrected chi connectivity index (χ4v) is 2.08. The molecule has 1 aliphatic carbocycles. The molecular weight excluding hydrogens is 292 g/mol. The van der Waals surface area contributed by atoms with Gasteiger partial charge in [-0.05, 0) is 25.0 Å². The van der Waals surface area contributed by atoms with Crippen LogP contribution in [0.3, 0.4) is 0 Å². The van der Waals surface area contributed by atoms with E-state index in [9.17, 15) is 18.0 Å². The summed E-state index contributed by atoms with van der Waals surface area (Å²) >= 11 is 4.01. The molecular formula is C10H18N2O5S2. The Kier molecular flexibility index (Phi) is 6.08. The molecule has 1 fully saturated rings. The SMILES string of the molecule is O=C(NC(CCS)C(=O)NCCS(=O)(=O)O)C1CC1. The summed E-state index contributed by atoms with van der Waals surface area (Å²) in [6, 6.07) is -0.716. The summed E-state index contributed by atoms with van der Waals surface area (Å²) in [5.74, 6) is -0.763. The Hall–Kier alpha value is -0.800. The van der Waals surface area contributed by atoms with Crippen molar-refractivity contribution in [2.45, 2.75) is 25.3 Å². The van der Waals surface area contributed by atoms with Crippen LogP contribution < -0.4 is 10.6 Å². The highest BCUT2D eigenvalue weighted by Crippen LogP contribution is 2.28. The Morgan fingerprint density at radius 1 is 1.37 bits per heavy atom. The summed E-state index contributed by atoms with van der Waals surface area (Å²) in [6.45, 7) is -0.194. The molecule has 2 amide bonds. The quantitative estimate of drug-likeness (QED) is 0.346. The zero-order valence-corrected chi connectivity index (χ0v) is 12.0. The molecule has 1 rings (SSSR count). The third-order valence-corrected chi connectivity index (χ3v) is 3.64. The number of rotatable bonds is 8. The van der Waals surface area contributed by atoms with E-state index in [-0.39, 0.29) is 18.4 Å². The van der Waals surface area contributed by atoms with Crippen LogP contribution in [0.2, 0.25) is 0 Å². The maximum Gasteiger partial charge on any atom is 0.266 e. The average molecular weight is 310 g/mol. The average Bonchev–Trinajstić information content (AvgIpc) is 3.10. The highest BCUT2D eigenvalue weighted by Gasteiger charge is 2.32.